The van der Waals surface area contributed by atoms with Gasteiger partial charge < -0.3 is 4.90 Å². The van der Waals surface area contributed by atoms with E-state index in [0.29, 0.717) is 18.3 Å². The molecule has 2 amide bonds. The summed E-state index contributed by atoms with van der Waals surface area (Å²) in [6.45, 7) is 5.81. The van der Waals surface area contributed by atoms with Crippen molar-refractivity contribution in [2.75, 3.05) is 11.9 Å². The van der Waals surface area contributed by atoms with E-state index in [1.54, 1.807) is 23.2 Å². The van der Waals surface area contributed by atoms with Crippen molar-refractivity contribution in [3.63, 3.8) is 0 Å². The van der Waals surface area contributed by atoms with E-state index in [1.165, 1.54) is 12.1 Å². The Morgan fingerprint density at radius 2 is 2.08 bits per heavy atom. The molecule has 0 bridgehead atoms. The van der Waals surface area contributed by atoms with Gasteiger partial charge in [-0.25, -0.2) is 13.9 Å². The molecule has 2 heterocycles. The number of carbonyl (C=O) groups excluding carboxylic acids is 1. The molecule has 24 heavy (non-hydrogen) atoms. The van der Waals surface area contributed by atoms with Crippen LogP contribution in [0.2, 0.25) is 0 Å². The fourth-order valence-electron chi connectivity index (χ4n) is 2.84. The van der Waals surface area contributed by atoms with Gasteiger partial charge >= 0.3 is 6.03 Å². The molecule has 0 spiro atoms. The predicted octanol–water partition coefficient (Wildman–Crippen LogP) is 4.05. The van der Waals surface area contributed by atoms with Gasteiger partial charge in [0.15, 0.2) is 0 Å². The number of anilines is 1. The van der Waals surface area contributed by atoms with Crippen LogP contribution in [0.4, 0.5) is 15.0 Å². The molecule has 3 rings (SSSR count). The normalized spacial score (nSPS) is 17.0. The van der Waals surface area contributed by atoms with Crippen molar-refractivity contribution in [1.82, 2.24) is 14.7 Å². The Bertz CT molecular complexity index is 695. The van der Waals surface area contributed by atoms with Crippen molar-refractivity contribution in [1.29, 1.82) is 0 Å². The lowest BCUT2D eigenvalue weighted by Crippen LogP contribution is -2.47. The van der Waals surface area contributed by atoms with Gasteiger partial charge in [0.2, 0.25) is 0 Å². The number of aromatic nitrogens is 2. The number of urea groups is 1. The fourth-order valence-corrected chi connectivity index (χ4v) is 2.84. The second kappa shape index (κ2) is 7.03. The van der Waals surface area contributed by atoms with Gasteiger partial charge in [-0.1, -0.05) is 26.0 Å². The van der Waals surface area contributed by atoms with Crippen molar-refractivity contribution in [3.8, 4) is 0 Å². The number of nitrogens with zero attached hydrogens (tertiary/aromatic N) is 3. The van der Waals surface area contributed by atoms with E-state index in [9.17, 15) is 9.18 Å². The second-order valence-electron chi connectivity index (χ2n) is 6.60. The number of likely N-dealkylation sites (tertiary alicyclic amines) is 1. The standard InChI is InChI=1S/C18H23FN4O/c1-13(2)8-12-23-17(7-10-20-23)21-18(24)22-11-9-16(22)14-3-5-15(19)6-4-14/h3-7,10,13,16H,8-9,11-12H2,1-2H3,(H,21,24). The number of nitrogens with one attached hydrogen (secondary N) is 1. The van der Waals surface area contributed by atoms with Crippen molar-refractivity contribution in [2.45, 2.75) is 39.3 Å². The van der Waals surface area contributed by atoms with Gasteiger partial charge in [-0.05, 0) is 36.5 Å². The zero-order valence-corrected chi connectivity index (χ0v) is 14.1. The number of hydrogen-bond acceptors (Lipinski definition) is 2. The third kappa shape index (κ3) is 3.58. The maximum atomic E-state index is 13.1. The van der Waals surface area contributed by atoms with Crippen LogP contribution in [0, 0.1) is 11.7 Å². The first kappa shape index (κ1) is 16.5. The first-order chi connectivity index (χ1) is 11.5. The SMILES string of the molecule is CC(C)CCn1nccc1NC(=O)N1CCC1c1ccc(F)cc1. The molecule has 0 aliphatic carbocycles. The van der Waals surface area contributed by atoms with E-state index in [1.807, 2.05) is 10.7 Å². The molecule has 128 valence electrons. The molecule has 5 nitrogen and oxygen atoms in total. The number of halogens is 1. The lowest BCUT2D eigenvalue weighted by Gasteiger charge is -2.41. The Hall–Kier alpha value is -2.37. The van der Waals surface area contributed by atoms with E-state index in [0.717, 1.165) is 24.9 Å². The van der Waals surface area contributed by atoms with Crippen LogP contribution in [0.5, 0.6) is 0 Å². The molecular weight excluding hydrogens is 307 g/mol. The van der Waals surface area contributed by atoms with Gasteiger partial charge in [0.05, 0.1) is 12.2 Å². The molecule has 6 heteroatoms. The van der Waals surface area contributed by atoms with E-state index >= 15 is 0 Å². The van der Waals surface area contributed by atoms with Crippen molar-refractivity contribution < 1.29 is 9.18 Å². The largest absolute Gasteiger partial charge is 0.323 e. The minimum Gasteiger partial charge on any atom is -0.317 e. The zero-order chi connectivity index (χ0) is 17.1. The van der Waals surface area contributed by atoms with Gasteiger partial charge in [-0.15, -0.1) is 0 Å². The lowest BCUT2D eigenvalue weighted by atomic mass is 9.95. The number of amides is 2. The molecular formula is C18H23FN4O. The number of benzene rings is 1. The number of carbonyl (C=O) groups is 1. The summed E-state index contributed by atoms with van der Waals surface area (Å²) in [7, 11) is 0. The molecule has 1 fully saturated rings. The topological polar surface area (TPSA) is 50.2 Å². The van der Waals surface area contributed by atoms with Gasteiger partial charge in [-0.2, -0.15) is 5.10 Å². The number of rotatable bonds is 5. The molecule has 1 unspecified atom stereocenters. The molecule has 1 aliphatic rings. The maximum Gasteiger partial charge on any atom is 0.323 e. The fraction of sp³-hybridized carbons (Fsp3) is 0.444. The molecule has 1 aromatic carbocycles. The quantitative estimate of drug-likeness (QED) is 0.899. The lowest BCUT2D eigenvalue weighted by molar-refractivity contribution is 0.126. The van der Waals surface area contributed by atoms with Crippen LogP contribution >= 0.6 is 0 Å². The number of hydrogen-bond donors (Lipinski definition) is 1. The summed E-state index contributed by atoms with van der Waals surface area (Å²) < 4.78 is 14.9. The third-order valence-electron chi connectivity index (χ3n) is 4.41. The van der Waals surface area contributed by atoms with Crippen LogP contribution < -0.4 is 5.32 Å². The Balaban J connectivity index is 1.63. The summed E-state index contributed by atoms with van der Waals surface area (Å²) in [5.41, 5.74) is 0.964. The first-order valence-corrected chi connectivity index (χ1v) is 8.39. The molecule has 1 saturated heterocycles. The van der Waals surface area contributed by atoms with Gasteiger partial charge in [0.25, 0.3) is 0 Å². The van der Waals surface area contributed by atoms with Gasteiger partial charge in [0, 0.05) is 19.2 Å². The minimum absolute atomic E-state index is 0.0117. The highest BCUT2D eigenvalue weighted by Gasteiger charge is 2.33. The summed E-state index contributed by atoms with van der Waals surface area (Å²) in [6, 6.07) is 8.04. The van der Waals surface area contributed by atoms with Crippen LogP contribution in [0.1, 0.15) is 38.3 Å². The summed E-state index contributed by atoms with van der Waals surface area (Å²) in [5.74, 6) is 1.03. The van der Waals surface area contributed by atoms with Crippen LogP contribution in [0.3, 0.4) is 0 Å². The van der Waals surface area contributed by atoms with E-state index in [4.69, 9.17) is 0 Å². The Labute approximate surface area is 141 Å². The number of aryl methyl sites for hydroxylation is 1. The molecule has 2 aromatic rings. The van der Waals surface area contributed by atoms with Crippen LogP contribution in [0.25, 0.3) is 0 Å². The summed E-state index contributed by atoms with van der Waals surface area (Å²) in [5, 5.41) is 7.21. The highest BCUT2D eigenvalue weighted by molar-refractivity contribution is 5.89. The van der Waals surface area contributed by atoms with E-state index < -0.39 is 0 Å². The summed E-state index contributed by atoms with van der Waals surface area (Å²) in [4.78, 5) is 14.3. The van der Waals surface area contributed by atoms with E-state index in [2.05, 4.69) is 24.3 Å². The highest BCUT2D eigenvalue weighted by atomic mass is 19.1. The molecule has 0 radical (unpaired) electrons. The first-order valence-electron chi connectivity index (χ1n) is 8.39. The van der Waals surface area contributed by atoms with Crippen molar-refractivity contribution in [3.05, 3.63) is 47.9 Å². The molecule has 1 N–H and O–H groups in total. The van der Waals surface area contributed by atoms with Crippen LogP contribution in [-0.4, -0.2) is 27.3 Å². The Kier molecular flexibility index (Phi) is 4.83. The average molecular weight is 330 g/mol. The van der Waals surface area contributed by atoms with Crippen LogP contribution in [0.15, 0.2) is 36.5 Å². The third-order valence-corrected chi connectivity index (χ3v) is 4.41. The van der Waals surface area contributed by atoms with Crippen molar-refractivity contribution in [2.24, 2.45) is 5.92 Å². The van der Waals surface area contributed by atoms with Gasteiger partial charge in [0.1, 0.15) is 11.6 Å². The van der Waals surface area contributed by atoms with Gasteiger partial charge in [-0.3, -0.25) is 5.32 Å². The summed E-state index contributed by atoms with van der Waals surface area (Å²) in [6.07, 6.45) is 3.60. The molecule has 1 atom stereocenters. The highest BCUT2D eigenvalue weighted by Crippen LogP contribution is 2.33. The summed E-state index contributed by atoms with van der Waals surface area (Å²) >= 11 is 0. The molecule has 1 aromatic heterocycles. The second-order valence-corrected chi connectivity index (χ2v) is 6.60. The Morgan fingerprint density at radius 3 is 2.71 bits per heavy atom. The maximum absolute atomic E-state index is 13.1. The monoisotopic (exact) mass is 330 g/mol. The molecule has 0 saturated carbocycles. The average Bonchev–Trinajstić information content (AvgIpc) is 2.93. The molecule has 1 aliphatic heterocycles. The zero-order valence-electron chi connectivity index (χ0n) is 14.1. The van der Waals surface area contributed by atoms with Crippen LogP contribution in [-0.2, 0) is 6.54 Å². The minimum atomic E-state index is -0.261. The Morgan fingerprint density at radius 1 is 1.33 bits per heavy atom. The van der Waals surface area contributed by atoms with E-state index in [-0.39, 0.29) is 17.9 Å². The van der Waals surface area contributed by atoms with Crippen molar-refractivity contribution >= 4 is 11.8 Å². The predicted molar refractivity (Wildman–Crippen MR) is 91.2 cm³/mol. The smallest absolute Gasteiger partial charge is 0.317 e.